The molecule has 0 bridgehead atoms. The van der Waals surface area contributed by atoms with Gasteiger partial charge in [-0.05, 0) is 25.1 Å². The third-order valence-electron chi connectivity index (χ3n) is 3.38. The molecule has 9 heteroatoms. The lowest BCUT2D eigenvalue weighted by atomic mass is 10.1. The molecule has 9 nitrogen and oxygen atoms in total. The molecule has 0 unspecified atom stereocenters. The summed E-state index contributed by atoms with van der Waals surface area (Å²) in [4.78, 5) is 22.5. The summed E-state index contributed by atoms with van der Waals surface area (Å²) >= 11 is 0. The second-order valence-corrected chi connectivity index (χ2v) is 5.34. The number of para-hydroxylation sites is 2. The number of anilines is 1. The van der Waals surface area contributed by atoms with E-state index in [0.717, 1.165) is 5.56 Å². The molecule has 1 N–H and O–H groups in total. The fraction of sp³-hybridized carbons (Fsp3) is 0.118. The Morgan fingerprint density at radius 3 is 2.81 bits per heavy atom. The van der Waals surface area contributed by atoms with Crippen LogP contribution < -0.4 is 10.1 Å². The number of hydrogen-bond donors (Lipinski definition) is 1. The van der Waals surface area contributed by atoms with Gasteiger partial charge in [-0.25, -0.2) is 0 Å². The van der Waals surface area contributed by atoms with E-state index in [0.29, 0.717) is 5.56 Å². The van der Waals surface area contributed by atoms with Crippen LogP contribution in [0.15, 0.2) is 52.9 Å². The average Bonchev–Trinajstić information content (AvgIpc) is 3.07. The van der Waals surface area contributed by atoms with Gasteiger partial charge in [-0.3, -0.25) is 20.2 Å². The van der Waals surface area contributed by atoms with Crippen LogP contribution >= 0.6 is 0 Å². The van der Waals surface area contributed by atoms with Crippen LogP contribution in [-0.4, -0.2) is 21.0 Å². The number of aromatic nitrogens is 2. The van der Waals surface area contributed by atoms with Crippen molar-refractivity contribution in [1.82, 2.24) is 10.2 Å². The first kappa shape index (κ1) is 17.1. The minimum absolute atomic E-state index is 0.0719. The van der Waals surface area contributed by atoms with Crippen LogP contribution in [0.1, 0.15) is 21.8 Å². The van der Waals surface area contributed by atoms with Crippen molar-refractivity contribution in [2.24, 2.45) is 0 Å². The second kappa shape index (κ2) is 7.43. The summed E-state index contributed by atoms with van der Waals surface area (Å²) in [5.41, 5.74) is 1.24. The van der Waals surface area contributed by atoms with Crippen LogP contribution in [0.4, 0.5) is 11.7 Å². The number of carbonyl (C=O) groups excluding carboxylic acids is 1. The van der Waals surface area contributed by atoms with Gasteiger partial charge in [0.25, 0.3) is 11.8 Å². The Hall–Kier alpha value is -3.75. The Labute approximate surface area is 147 Å². The average molecular weight is 354 g/mol. The largest absolute Gasteiger partial charge is 0.477 e. The van der Waals surface area contributed by atoms with Gasteiger partial charge >= 0.3 is 11.7 Å². The van der Waals surface area contributed by atoms with E-state index in [9.17, 15) is 14.9 Å². The molecule has 1 aromatic heterocycles. The SMILES string of the molecule is Cc1cccc(C(=O)Nc2nnc(COc3ccccc3[N+](=O)[O-])o2)c1. The Bertz CT molecular complexity index is 954. The lowest BCUT2D eigenvalue weighted by molar-refractivity contribution is -0.386. The highest BCUT2D eigenvalue weighted by Crippen LogP contribution is 2.26. The van der Waals surface area contributed by atoms with Gasteiger partial charge in [0.05, 0.1) is 4.92 Å². The predicted octanol–water partition coefficient (Wildman–Crippen LogP) is 3.12. The molecule has 0 saturated carbocycles. The van der Waals surface area contributed by atoms with Crippen LogP contribution in [0.25, 0.3) is 0 Å². The van der Waals surface area contributed by atoms with E-state index in [1.807, 2.05) is 13.0 Å². The molecule has 1 amide bonds. The normalized spacial score (nSPS) is 10.3. The fourth-order valence-corrected chi connectivity index (χ4v) is 2.19. The molecule has 1 heterocycles. The standard InChI is InChI=1S/C17H14N4O5/c1-11-5-4-6-12(9-11)16(22)18-17-20-19-15(26-17)10-25-14-8-3-2-7-13(14)21(23)24/h2-9H,10H2,1H3,(H,18,20,22). The molecule has 0 radical (unpaired) electrons. The number of amides is 1. The summed E-state index contributed by atoms with van der Waals surface area (Å²) < 4.78 is 10.6. The van der Waals surface area contributed by atoms with Crippen molar-refractivity contribution in [1.29, 1.82) is 0 Å². The molecule has 0 aliphatic carbocycles. The maximum atomic E-state index is 12.1. The molecule has 3 aromatic rings. The van der Waals surface area contributed by atoms with E-state index >= 15 is 0 Å². The number of nitrogens with zero attached hydrogens (tertiary/aromatic N) is 3. The molecule has 0 aliphatic heterocycles. The molecule has 0 saturated heterocycles. The number of carbonyl (C=O) groups is 1. The van der Waals surface area contributed by atoms with Crippen molar-refractivity contribution in [2.45, 2.75) is 13.5 Å². The molecular formula is C17H14N4O5. The van der Waals surface area contributed by atoms with Crippen LogP contribution in [-0.2, 0) is 6.61 Å². The minimum atomic E-state index is -0.545. The zero-order chi connectivity index (χ0) is 18.5. The van der Waals surface area contributed by atoms with E-state index in [2.05, 4.69) is 15.5 Å². The maximum Gasteiger partial charge on any atom is 0.322 e. The van der Waals surface area contributed by atoms with Gasteiger partial charge in [-0.2, -0.15) is 0 Å². The van der Waals surface area contributed by atoms with Gasteiger partial charge in [0.15, 0.2) is 12.4 Å². The summed E-state index contributed by atoms with van der Waals surface area (Å²) in [5.74, 6) is -0.229. The molecule has 0 atom stereocenters. The first-order chi connectivity index (χ1) is 12.5. The van der Waals surface area contributed by atoms with Gasteiger partial charge in [-0.15, -0.1) is 5.10 Å². The molecule has 2 aromatic carbocycles. The number of nitro groups is 1. The van der Waals surface area contributed by atoms with E-state index < -0.39 is 4.92 Å². The number of aryl methyl sites for hydroxylation is 1. The van der Waals surface area contributed by atoms with Crippen LogP contribution in [0.2, 0.25) is 0 Å². The van der Waals surface area contributed by atoms with E-state index in [4.69, 9.17) is 9.15 Å². The number of hydrogen-bond acceptors (Lipinski definition) is 7. The molecule has 132 valence electrons. The number of ether oxygens (including phenoxy) is 1. The summed E-state index contributed by atoms with van der Waals surface area (Å²) in [5, 5.41) is 20.9. The summed E-state index contributed by atoms with van der Waals surface area (Å²) in [6.45, 7) is 1.71. The Kier molecular flexibility index (Phi) is 4.88. The quantitative estimate of drug-likeness (QED) is 0.533. The fourth-order valence-electron chi connectivity index (χ4n) is 2.19. The number of rotatable bonds is 6. The molecule has 26 heavy (non-hydrogen) atoms. The van der Waals surface area contributed by atoms with Crippen molar-refractivity contribution >= 4 is 17.6 Å². The summed E-state index contributed by atoms with van der Waals surface area (Å²) in [6.07, 6.45) is 0. The smallest absolute Gasteiger partial charge is 0.322 e. The monoisotopic (exact) mass is 354 g/mol. The Balaban J connectivity index is 1.64. The van der Waals surface area contributed by atoms with E-state index in [1.165, 1.54) is 18.2 Å². The van der Waals surface area contributed by atoms with E-state index in [1.54, 1.807) is 24.3 Å². The molecule has 3 rings (SSSR count). The zero-order valence-corrected chi connectivity index (χ0v) is 13.7. The predicted molar refractivity (Wildman–Crippen MR) is 90.9 cm³/mol. The van der Waals surface area contributed by atoms with Gasteiger partial charge < -0.3 is 9.15 Å². The topological polar surface area (TPSA) is 120 Å². The van der Waals surface area contributed by atoms with Gasteiger partial charge in [0.1, 0.15) is 0 Å². The highest BCUT2D eigenvalue weighted by Gasteiger charge is 2.16. The van der Waals surface area contributed by atoms with Crippen molar-refractivity contribution in [3.8, 4) is 5.75 Å². The molecule has 0 aliphatic rings. The summed E-state index contributed by atoms with van der Waals surface area (Å²) in [7, 11) is 0. The lowest BCUT2D eigenvalue weighted by Crippen LogP contribution is -2.12. The highest BCUT2D eigenvalue weighted by atomic mass is 16.6. The van der Waals surface area contributed by atoms with Gasteiger partial charge in [-0.1, -0.05) is 34.9 Å². The van der Waals surface area contributed by atoms with Crippen molar-refractivity contribution in [3.05, 3.63) is 75.7 Å². The van der Waals surface area contributed by atoms with E-state index in [-0.39, 0.29) is 35.9 Å². The van der Waals surface area contributed by atoms with Crippen LogP contribution in [0, 0.1) is 17.0 Å². The summed E-state index contributed by atoms with van der Waals surface area (Å²) in [6, 6.07) is 12.9. The van der Waals surface area contributed by atoms with Crippen molar-refractivity contribution in [3.63, 3.8) is 0 Å². The first-order valence-electron chi connectivity index (χ1n) is 7.59. The number of nitro benzene ring substituents is 1. The molecular weight excluding hydrogens is 340 g/mol. The highest BCUT2D eigenvalue weighted by molar-refractivity contribution is 6.03. The second-order valence-electron chi connectivity index (χ2n) is 5.34. The molecule has 0 fully saturated rings. The zero-order valence-electron chi connectivity index (χ0n) is 13.7. The van der Waals surface area contributed by atoms with Crippen molar-refractivity contribution < 1.29 is 18.9 Å². The Morgan fingerprint density at radius 1 is 1.23 bits per heavy atom. The van der Waals surface area contributed by atoms with Gasteiger partial charge in [0.2, 0.25) is 0 Å². The first-order valence-corrected chi connectivity index (χ1v) is 7.59. The number of nitrogens with one attached hydrogen (secondary N) is 1. The minimum Gasteiger partial charge on any atom is -0.477 e. The van der Waals surface area contributed by atoms with Crippen LogP contribution in [0.5, 0.6) is 5.75 Å². The lowest BCUT2D eigenvalue weighted by Gasteiger charge is -2.03. The Morgan fingerprint density at radius 2 is 2.04 bits per heavy atom. The molecule has 0 spiro atoms. The maximum absolute atomic E-state index is 12.1. The van der Waals surface area contributed by atoms with Crippen molar-refractivity contribution in [2.75, 3.05) is 5.32 Å². The third-order valence-corrected chi connectivity index (χ3v) is 3.38. The number of benzene rings is 2. The van der Waals surface area contributed by atoms with Gasteiger partial charge in [0, 0.05) is 11.6 Å². The third kappa shape index (κ3) is 4.01. The van der Waals surface area contributed by atoms with Crippen LogP contribution in [0.3, 0.4) is 0 Å².